The number of pyridine rings is 1. The van der Waals surface area contributed by atoms with Crippen molar-refractivity contribution in [1.29, 1.82) is 0 Å². The summed E-state index contributed by atoms with van der Waals surface area (Å²) >= 11 is 4.76. The SMILES string of the molecule is S=c1[nH]c2ccncc2o1. The molecule has 4 heteroatoms. The molecule has 2 heterocycles. The van der Waals surface area contributed by atoms with Gasteiger partial charge in [0.25, 0.3) is 4.84 Å². The highest BCUT2D eigenvalue weighted by molar-refractivity contribution is 7.71. The largest absolute Gasteiger partial charge is 0.428 e. The Labute approximate surface area is 61.7 Å². The average Bonchev–Trinajstić information content (AvgIpc) is 2.27. The third-order valence-electron chi connectivity index (χ3n) is 1.22. The van der Waals surface area contributed by atoms with Crippen LogP contribution < -0.4 is 0 Å². The van der Waals surface area contributed by atoms with Crippen molar-refractivity contribution < 1.29 is 4.42 Å². The van der Waals surface area contributed by atoms with Gasteiger partial charge in [0.15, 0.2) is 5.58 Å². The van der Waals surface area contributed by atoms with Crippen molar-refractivity contribution in [3.8, 4) is 0 Å². The van der Waals surface area contributed by atoms with Gasteiger partial charge in [-0.3, -0.25) is 4.98 Å². The minimum Gasteiger partial charge on any atom is -0.428 e. The summed E-state index contributed by atoms with van der Waals surface area (Å²) in [6.45, 7) is 0. The number of nitrogens with zero attached hydrogens (tertiary/aromatic N) is 1. The van der Waals surface area contributed by atoms with E-state index in [0.29, 0.717) is 10.4 Å². The van der Waals surface area contributed by atoms with Crippen LogP contribution in [0, 0.1) is 4.84 Å². The maximum absolute atomic E-state index is 5.06. The third-order valence-corrected chi connectivity index (χ3v) is 1.41. The third kappa shape index (κ3) is 0.733. The molecule has 50 valence electrons. The minimum absolute atomic E-state index is 0.392. The van der Waals surface area contributed by atoms with E-state index in [1.165, 1.54) is 0 Å². The molecule has 0 atom stereocenters. The van der Waals surface area contributed by atoms with Gasteiger partial charge in [-0.2, -0.15) is 0 Å². The van der Waals surface area contributed by atoms with Crippen LogP contribution in [0.1, 0.15) is 0 Å². The van der Waals surface area contributed by atoms with E-state index in [9.17, 15) is 0 Å². The predicted octanol–water partition coefficient (Wildman–Crippen LogP) is 1.89. The van der Waals surface area contributed by atoms with Crippen molar-refractivity contribution >= 4 is 23.3 Å². The molecule has 2 rings (SSSR count). The van der Waals surface area contributed by atoms with Gasteiger partial charge in [0, 0.05) is 6.20 Å². The molecular weight excluding hydrogens is 148 g/mol. The molecular formula is C6H4N2OS. The lowest BCUT2D eigenvalue weighted by Crippen LogP contribution is -1.68. The van der Waals surface area contributed by atoms with Crippen molar-refractivity contribution in [2.75, 3.05) is 0 Å². The van der Waals surface area contributed by atoms with Gasteiger partial charge < -0.3 is 9.40 Å². The minimum atomic E-state index is 0.392. The topological polar surface area (TPSA) is 41.8 Å². The number of rotatable bonds is 0. The summed E-state index contributed by atoms with van der Waals surface area (Å²) in [4.78, 5) is 7.12. The molecule has 0 aromatic carbocycles. The molecule has 0 spiro atoms. The summed E-state index contributed by atoms with van der Waals surface area (Å²) < 4.78 is 5.06. The van der Waals surface area contributed by atoms with Gasteiger partial charge in [0.1, 0.15) is 0 Å². The van der Waals surface area contributed by atoms with E-state index in [4.69, 9.17) is 16.6 Å². The molecule has 0 aliphatic rings. The first-order valence-corrected chi connectivity index (χ1v) is 3.20. The van der Waals surface area contributed by atoms with E-state index in [1.807, 2.05) is 6.07 Å². The van der Waals surface area contributed by atoms with Crippen molar-refractivity contribution in [2.24, 2.45) is 0 Å². The lowest BCUT2D eigenvalue weighted by Gasteiger charge is -1.79. The number of hydrogen-bond donors (Lipinski definition) is 1. The van der Waals surface area contributed by atoms with Gasteiger partial charge in [-0.25, -0.2) is 0 Å². The molecule has 1 N–H and O–H groups in total. The summed E-state index contributed by atoms with van der Waals surface area (Å²) in [7, 11) is 0. The van der Waals surface area contributed by atoms with Crippen LogP contribution in [-0.2, 0) is 0 Å². The van der Waals surface area contributed by atoms with E-state index < -0.39 is 0 Å². The maximum atomic E-state index is 5.06. The Kier molecular flexibility index (Phi) is 1.07. The van der Waals surface area contributed by atoms with Crippen LogP contribution in [0.25, 0.3) is 11.1 Å². The van der Waals surface area contributed by atoms with Gasteiger partial charge in [-0.15, -0.1) is 0 Å². The van der Waals surface area contributed by atoms with Crippen LogP contribution in [-0.4, -0.2) is 9.97 Å². The molecule has 0 aliphatic carbocycles. The zero-order valence-corrected chi connectivity index (χ0v) is 5.81. The first-order chi connectivity index (χ1) is 4.86. The standard InChI is InChI=1S/C6H4N2OS/c10-6-8-4-1-2-7-3-5(4)9-6/h1-3H,(H,8,10). The number of fused-ring (bicyclic) bond motifs is 1. The van der Waals surface area contributed by atoms with E-state index in [1.54, 1.807) is 12.4 Å². The zero-order valence-electron chi connectivity index (χ0n) is 5.00. The van der Waals surface area contributed by atoms with Crippen LogP contribution >= 0.6 is 12.2 Å². The van der Waals surface area contributed by atoms with Gasteiger partial charge in [-0.05, 0) is 18.3 Å². The second kappa shape index (κ2) is 1.91. The lowest BCUT2D eigenvalue weighted by molar-refractivity contribution is 0.582. The summed E-state index contributed by atoms with van der Waals surface area (Å²) in [6.07, 6.45) is 3.31. The Bertz CT molecular complexity index is 367. The van der Waals surface area contributed by atoms with Crippen LogP contribution in [0.5, 0.6) is 0 Å². The van der Waals surface area contributed by atoms with E-state index in [2.05, 4.69) is 9.97 Å². The van der Waals surface area contributed by atoms with E-state index in [0.717, 1.165) is 5.52 Å². The summed E-state index contributed by atoms with van der Waals surface area (Å²) in [6, 6.07) is 1.81. The molecule has 0 aliphatic heterocycles. The molecule has 2 aromatic rings. The number of nitrogens with one attached hydrogen (secondary N) is 1. The quantitative estimate of drug-likeness (QED) is 0.586. The predicted molar refractivity (Wildman–Crippen MR) is 39.2 cm³/mol. The lowest BCUT2D eigenvalue weighted by atomic mass is 10.4. The Balaban J connectivity index is 3.01. The normalized spacial score (nSPS) is 10.4. The van der Waals surface area contributed by atoms with Crippen molar-refractivity contribution in [2.45, 2.75) is 0 Å². The zero-order chi connectivity index (χ0) is 6.97. The van der Waals surface area contributed by atoms with Crippen LogP contribution in [0.3, 0.4) is 0 Å². The number of aromatic nitrogens is 2. The number of H-pyrrole nitrogens is 1. The van der Waals surface area contributed by atoms with Gasteiger partial charge >= 0.3 is 0 Å². The molecule has 2 aromatic heterocycles. The Morgan fingerprint density at radius 2 is 2.50 bits per heavy atom. The molecule has 0 saturated carbocycles. The fourth-order valence-electron chi connectivity index (χ4n) is 0.800. The van der Waals surface area contributed by atoms with Gasteiger partial charge in [0.05, 0.1) is 11.7 Å². The molecule has 10 heavy (non-hydrogen) atoms. The number of hydrogen-bond acceptors (Lipinski definition) is 3. The first-order valence-electron chi connectivity index (χ1n) is 2.79. The summed E-state index contributed by atoms with van der Waals surface area (Å²) in [5, 5.41) is 0. The highest BCUT2D eigenvalue weighted by Crippen LogP contribution is 2.09. The van der Waals surface area contributed by atoms with Crippen molar-refractivity contribution in [3.63, 3.8) is 0 Å². The number of aromatic amines is 1. The summed E-state index contributed by atoms with van der Waals surface area (Å²) in [5.41, 5.74) is 1.59. The molecule has 0 amide bonds. The molecule has 0 radical (unpaired) electrons. The average molecular weight is 152 g/mol. The fraction of sp³-hybridized carbons (Fsp3) is 0. The van der Waals surface area contributed by atoms with Gasteiger partial charge in [-0.1, -0.05) is 0 Å². The maximum Gasteiger partial charge on any atom is 0.266 e. The fourth-order valence-corrected chi connectivity index (χ4v) is 1.000. The molecule has 0 fully saturated rings. The summed E-state index contributed by atoms with van der Waals surface area (Å²) in [5.74, 6) is 0. The monoisotopic (exact) mass is 152 g/mol. The van der Waals surface area contributed by atoms with Crippen molar-refractivity contribution in [3.05, 3.63) is 23.3 Å². The second-order valence-electron chi connectivity index (χ2n) is 1.89. The second-order valence-corrected chi connectivity index (χ2v) is 2.26. The van der Waals surface area contributed by atoms with Gasteiger partial charge in [0.2, 0.25) is 0 Å². The van der Waals surface area contributed by atoms with Crippen LogP contribution in [0.15, 0.2) is 22.9 Å². The van der Waals surface area contributed by atoms with E-state index in [-0.39, 0.29) is 0 Å². The Hall–Kier alpha value is -1.16. The molecule has 0 bridgehead atoms. The first kappa shape index (κ1) is 5.61. The Morgan fingerprint density at radius 1 is 1.60 bits per heavy atom. The highest BCUT2D eigenvalue weighted by Gasteiger charge is 1.94. The molecule has 3 nitrogen and oxygen atoms in total. The highest BCUT2D eigenvalue weighted by atomic mass is 32.1. The van der Waals surface area contributed by atoms with Crippen molar-refractivity contribution in [1.82, 2.24) is 9.97 Å². The number of oxazole rings is 1. The Morgan fingerprint density at radius 3 is 3.30 bits per heavy atom. The smallest absolute Gasteiger partial charge is 0.266 e. The van der Waals surface area contributed by atoms with Crippen LogP contribution in [0.2, 0.25) is 0 Å². The van der Waals surface area contributed by atoms with E-state index >= 15 is 0 Å². The van der Waals surface area contributed by atoms with Crippen LogP contribution in [0.4, 0.5) is 0 Å². The molecule has 0 saturated heterocycles. The molecule has 0 unspecified atom stereocenters.